The fourth-order valence-electron chi connectivity index (χ4n) is 4.59. The molecule has 2 fully saturated rings. The zero-order valence-electron chi connectivity index (χ0n) is 19.8. The van der Waals surface area contributed by atoms with E-state index < -0.39 is 6.04 Å². The molecule has 0 aromatic heterocycles. The van der Waals surface area contributed by atoms with Gasteiger partial charge in [0.15, 0.2) is 12.6 Å². The molecule has 0 aliphatic carbocycles. The number of piperidine rings is 1. The maximum atomic E-state index is 12.2. The van der Waals surface area contributed by atoms with Gasteiger partial charge in [0.1, 0.15) is 0 Å². The summed E-state index contributed by atoms with van der Waals surface area (Å²) in [7, 11) is 0. The lowest BCUT2D eigenvalue weighted by molar-refractivity contribution is -0.134. The topological polar surface area (TPSA) is 81.7 Å². The van der Waals surface area contributed by atoms with Crippen molar-refractivity contribution in [3.8, 4) is 11.8 Å². The second-order valence-corrected chi connectivity index (χ2v) is 9.32. The highest BCUT2D eigenvalue weighted by Gasteiger charge is 2.27. The molecule has 0 radical (unpaired) electrons. The van der Waals surface area contributed by atoms with E-state index in [9.17, 15) is 4.79 Å². The number of carbonyl (C=O) groups excluding carboxylic acids is 1. The summed E-state index contributed by atoms with van der Waals surface area (Å²) in [5.41, 5.74) is 10.4. The van der Waals surface area contributed by atoms with Crippen LogP contribution < -0.4 is 5.73 Å². The van der Waals surface area contributed by atoms with Crippen LogP contribution in [0.25, 0.3) is 0 Å². The normalized spacial score (nSPS) is 18.2. The Morgan fingerprint density at radius 2 is 1.50 bits per heavy atom. The molecule has 2 aliphatic heterocycles. The van der Waals surface area contributed by atoms with E-state index in [-0.39, 0.29) is 12.5 Å². The minimum atomic E-state index is -0.682. The Kier molecular flexibility index (Phi) is 8.73. The van der Waals surface area contributed by atoms with Crippen LogP contribution in [0.15, 0.2) is 48.5 Å². The summed E-state index contributed by atoms with van der Waals surface area (Å²) < 4.78 is 5.42. The van der Waals surface area contributed by atoms with Crippen molar-refractivity contribution in [2.24, 2.45) is 11.7 Å². The first-order valence-electron chi connectivity index (χ1n) is 12.3. The van der Waals surface area contributed by atoms with Gasteiger partial charge in [-0.05, 0) is 60.6 Å². The lowest BCUT2D eigenvalue weighted by Crippen LogP contribution is -2.48. The Balaban J connectivity index is 1.25. The van der Waals surface area contributed by atoms with Crippen molar-refractivity contribution in [3.05, 3.63) is 70.8 Å². The lowest BCUT2D eigenvalue weighted by Gasteiger charge is -2.33. The average Bonchev–Trinajstić information content (AvgIpc) is 2.89. The highest BCUT2D eigenvalue weighted by Crippen LogP contribution is 2.22. The van der Waals surface area contributed by atoms with Gasteiger partial charge in [-0.25, -0.2) is 0 Å². The van der Waals surface area contributed by atoms with E-state index in [0.717, 1.165) is 76.3 Å². The second-order valence-electron chi connectivity index (χ2n) is 9.32. The molecule has 4 N–H and O–H groups in total. The van der Waals surface area contributed by atoms with E-state index in [4.69, 9.17) is 15.6 Å². The number of nitrogens with zero attached hydrogens (tertiary/aromatic N) is 2. The smallest absolute Gasteiger partial charge is 0.247 e. The number of amides is 1. The van der Waals surface area contributed by atoms with E-state index in [2.05, 4.69) is 65.3 Å². The Morgan fingerprint density at radius 3 is 2.06 bits per heavy atom. The van der Waals surface area contributed by atoms with Crippen molar-refractivity contribution in [3.63, 3.8) is 0 Å². The molecule has 0 saturated carbocycles. The Bertz CT molecular complexity index is 980. The van der Waals surface area contributed by atoms with Crippen LogP contribution in [0.2, 0.25) is 0 Å². The van der Waals surface area contributed by atoms with Gasteiger partial charge in [-0.15, -0.1) is 0 Å². The standard InChI is InChI=1S/C28H35N3O3/c29-27(21-32)28(33)31-13-11-25(12-14-31)19-24-7-3-22(4-8-24)1-2-23-5-9-26(10-6-23)20-30-15-17-34-18-16-30/h3-10,25,27,32H,11-21,29H2/p+1/t27-/m1/s1. The molecule has 2 aromatic rings. The first-order valence-corrected chi connectivity index (χ1v) is 12.3. The number of nitrogens with two attached hydrogens (primary N) is 1. The molecular formula is C28H36N3O3+. The first kappa shape index (κ1) is 24.4. The summed E-state index contributed by atoms with van der Waals surface area (Å²) in [6, 6.07) is 16.4. The van der Waals surface area contributed by atoms with Crippen molar-refractivity contribution in [2.75, 3.05) is 46.0 Å². The third-order valence-electron chi connectivity index (χ3n) is 6.76. The van der Waals surface area contributed by atoms with Gasteiger partial charge in [0.2, 0.25) is 5.91 Å². The monoisotopic (exact) mass is 462 g/mol. The van der Waals surface area contributed by atoms with Crippen LogP contribution in [0.3, 0.4) is 0 Å². The fourth-order valence-corrected chi connectivity index (χ4v) is 4.59. The van der Waals surface area contributed by atoms with E-state index in [0.29, 0.717) is 5.92 Å². The fraction of sp³-hybridized carbons (Fsp3) is 0.464. The predicted octanol–water partition coefficient (Wildman–Crippen LogP) is 1.75. The van der Waals surface area contributed by atoms with E-state index >= 15 is 0 Å². The summed E-state index contributed by atoms with van der Waals surface area (Å²) in [5.74, 6) is 7.05. The number of ether oxygens (including phenoxy) is 1. The van der Waals surface area contributed by atoms with Gasteiger partial charge in [0.05, 0.1) is 13.2 Å². The van der Waals surface area contributed by atoms with Gasteiger partial charge in [-0.3, -0.25) is 9.69 Å². The summed E-state index contributed by atoms with van der Waals surface area (Å²) in [6.07, 6.45) is 2.99. The molecule has 0 bridgehead atoms. The van der Waals surface area contributed by atoms with Crippen molar-refractivity contribution in [1.82, 2.24) is 9.80 Å². The average molecular weight is 463 g/mol. The molecule has 6 nitrogen and oxygen atoms in total. The van der Waals surface area contributed by atoms with Crippen molar-refractivity contribution in [2.45, 2.75) is 31.8 Å². The van der Waals surface area contributed by atoms with E-state index in [1.165, 1.54) is 11.1 Å². The van der Waals surface area contributed by atoms with Crippen LogP contribution in [0.1, 0.15) is 35.1 Å². The quantitative estimate of drug-likeness (QED) is 0.524. The predicted molar refractivity (Wildman–Crippen MR) is 134 cm³/mol. The van der Waals surface area contributed by atoms with Crippen LogP contribution >= 0.6 is 0 Å². The summed E-state index contributed by atoms with van der Waals surface area (Å²) in [6.45, 7) is 6.05. The minimum absolute atomic E-state index is 0.0474. The molecule has 2 aromatic carbocycles. The molecule has 2 saturated heterocycles. The zero-order valence-corrected chi connectivity index (χ0v) is 19.8. The number of rotatable bonds is 6. The molecule has 0 unspecified atom stereocenters. The molecule has 1 amide bonds. The highest BCUT2D eigenvalue weighted by atomic mass is 16.5. The van der Waals surface area contributed by atoms with Crippen LogP contribution in [0.4, 0.5) is 0 Å². The highest BCUT2D eigenvalue weighted by molar-refractivity contribution is 5.81. The molecular weight excluding hydrogens is 426 g/mol. The molecule has 4 rings (SSSR count). The first-order chi connectivity index (χ1) is 16.6. The maximum Gasteiger partial charge on any atom is 0.247 e. The van der Waals surface area contributed by atoms with Gasteiger partial charge in [-0.1, -0.05) is 36.1 Å². The second kappa shape index (κ2) is 12.1. The third-order valence-corrected chi connectivity index (χ3v) is 6.76. The number of likely N-dealkylation sites (tertiary alicyclic amines) is 1. The zero-order chi connectivity index (χ0) is 23.8. The summed E-state index contributed by atoms with van der Waals surface area (Å²) in [5, 5.41) is 7.31. The number of benzene rings is 2. The minimum Gasteiger partial charge on any atom is -0.444 e. The van der Waals surface area contributed by atoms with Gasteiger partial charge in [0, 0.05) is 43.9 Å². The number of hydrogen-bond acceptors (Lipinski definition) is 4. The van der Waals surface area contributed by atoms with Gasteiger partial charge in [-0.2, -0.15) is 0 Å². The van der Waals surface area contributed by atoms with E-state index in [1.807, 2.05) is 4.90 Å². The van der Waals surface area contributed by atoms with Gasteiger partial charge >= 0.3 is 0 Å². The Labute approximate surface area is 202 Å². The van der Waals surface area contributed by atoms with Gasteiger partial charge < -0.3 is 20.5 Å². The van der Waals surface area contributed by atoms with Crippen molar-refractivity contribution >= 4 is 5.91 Å². The van der Waals surface area contributed by atoms with Crippen LogP contribution in [-0.4, -0.2) is 72.9 Å². The van der Waals surface area contributed by atoms with Crippen molar-refractivity contribution < 1.29 is 14.6 Å². The third kappa shape index (κ3) is 6.91. The SMILES string of the molecule is N[C@H](C[OH2+])C(=O)N1CCC(Cc2ccc(C#Cc3ccc(CN4CCOCC4)cc3)cc2)CC1. The van der Waals surface area contributed by atoms with E-state index in [1.54, 1.807) is 0 Å². The van der Waals surface area contributed by atoms with Crippen LogP contribution in [0.5, 0.6) is 0 Å². The number of morpholine rings is 1. The lowest BCUT2D eigenvalue weighted by atomic mass is 9.89. The molecule has 2 heterocycles. The van der Waals surface area contributed by atoms with Crippen LogP contribution in [-0.2, 0) is 22.5 Å². The van der Waals surface area contributed by atoms with Crippen molar-refractivity contribution in [1.29, 1.82) is 0 Å². The Hall–Kier alpha value is -2.69. The number of carbonyl (C=O) groups is 1. The molecule has 0 spiro atoms. The molecule has 180 valence electrons. The number of hydrogen-bond donors (Lipinski definition) is 1. The molecule has 34 heavy (non-hydrogen) atoms. The van der Waals surface area contributed by atoms with Gasteiger partial charge in [0.25, 0.3) is 0 Å². The molecule has 1 atom stereocenters. The van der Waals surface area contributed by atoms with Crippen LogP contribution in [0, 0.1) is 17.8 Å². The largest absolute Gasteiger partial charge is 0.444 e. The molecule has 6 heteroatoms. The molecule has 2 aliphatic rings. The summed E-state index contributed by atoms with van der Waals surface area (Å²) in [4.78, 5) is 16.4. The Morgan fingerprint density at radius 1 is 0.941 bits per heavy atom. The summed E-state index contributed by atoms with van der Waals surface area (Å²) >= 11 is 0. The maximum absolute atomic E-state index is 12.2.